The van der Waals surface area contributed by atoms with Crippen LogP contribution in [0.5, 0.6) is 11.5 Å². The average molecular weight is 354 g/mol. The number of aryl methyl sites for hydroxylation is 1. The zero-order valence-electron chi connectivity index (χ0n) is 14.0. The number of hydrogen-bond donors (Lipinski definition) is 1. The van der Waals surface area contributed by atoms with E-state index < -0.39 is 0 Å². The number of thiophene rings is 1. The molecule has 0 radical (unpaired) electrons. The molecule has 0 saturated heterocycles. The summed E-state index contributed by atoms with van der Waals surface area (Å²) in [6, 6.07) is 12.9. The minimum atomic E-state index is -0.168. The van der Waals surface area contributed by atoms with Gasteiger partial charge in [0.2, 0.25) is 0 Å². The lowest BCUT2D eigenvalue weighted by atomic mass is 10.3. The number of nitrogens with one attached hydrogen (secondary N) is 1. The Morgan fingerprint density at radius 3 is 2.64 bits per heavy atom. The maximum absolute atomic E-state index is 12.3. The van der Waals surface area contributed by atoms with Gasteiger partial charge in [0.05, 0.1) is 12.0 Å². The van der Waals surface area contributed by atoms with Gasteiger partial charge in [-0.3, -0.25) is 4.79 Å². The molecule has 1 aromatic carbocycles. The van der Waals surface area contributed by atoms with E-state index in [9.17, 15) is 4.79 Å². The quantitative estimate of drug-likeness (QED) is 0.717. The van der Waals surface area contributed by atoms with Crippen molar-refractivity contribution in [3.63, 3.8) is 0 Å². The van der Waals surface area contributed by atoms with E-state index in [2.05, 4.69) is 10.3 Å². The highest BCUT2D eigenvalue weighted by molar-refractivity contribution is 7.12. The zero-order chi connectivity index (χ0) is 17.6. The maximum atomic E-state index is 12.3. The number of amides is 1. The first-order valence-electron chi connectivity index (χ1n) is 7.72. The first-order chi connectivity index (χ1) is 12.1. The summed E-state index contributed by atoms with van der Waals surface area (Å²) in [6.45, 7) is 2.36. The van der Waals surface area contributed by atoms with E-state index in [0.717, 1.165) is 22.6 Å². The summed E-state index contributed by atoms with van der Waals surface area (Å²) < 4.78 is 10.8. The minimum absolute atomic E-state index is 0.168. The molecule has 0 aliphatic carbocycles. The van der Waals surface area contributed by atoms with Gasteiger partial charge in [0.25, 0.3) is 5.91 Å². The molecule has 0 unspecified atom stereocenters. The largest absolute Gasteiger partial charge is 0.497 e. The molecule has 2 heterocycles. The van der Waals surface area contributed by atoms with Crippen molar-refractivity contribution in [1.29, 1.82) is 0 Å². The lowest BCUT2D eigenvalue weighted by Gasteiger charge is -2.05. The molecule has 0 aliphatic rings. The van der Waals surface area contributed by atoms with Crippen LogP contribution in [0.4, 0.5) is 5.82 Å². The Hall–Kier alpha value is -2.86. The second kappa shape index (κ2) is 7.81. The summed E-state index contributed by atoms with van der Waals surface area (Å²) >= 11 is 1.38. The molecule has 6 heteroatoms. The topological polar surface area (TPSA) is 60.5 Å². The van der Waals surface area contributed by atoms with Gasteiger partial charge in [0, 0.05) is 11.8 Å². The van der Waals surface area contributed by atoms with Crippen molar-refractivity contribution in [3.05, 3.63) is 70.0 Å². The van der Waals surface area contributed by atoms with Crippen LogP contribution < -0.4 is 14.8 Å². The summed E-state index contributed by atoms with van der Waals surface area (Å²) in [7, 11) is 1.63. The monoisotopic (exact) mass is 354 g/mol. The Kier molecular flexibility index (Phi) is 5.30. The van der Waals surface area contributed by atoms with E-state index in [1.165, 1.54) is 11.3 Å². The number of carbonyl (C=O) groups excluding carboxylic acids is 1. The van der Waals surface area contributed by atoms with Crippen LogP contribution in [-0.4, -0.2) is 18.0 Å². The Bertz CT molecular complexity index is 859. The van der Waals surface area contributed by atoms with Gasteiger partial charge in [0.15, 0.2) is 0 Å². The number of nitrogens with zero attached hydrogens (tertiary/aromatic N) is 1. The normalized spacial score (nSPS) is 10.3. The number of ether oxygens (including phenoxy) is 2. The Labute approximate surface area is 150 Å². The SMILES string of the molecule is COc1ccc(OCc2csc(C(=O)Nc3cc(C)ccn3)c2)cc1. The van der Waals surface area contributed by atoms with Crippen LogP contribution in [0, 0.1) is 6.92 Å². The minimum Gasteiger partial charge on any atom is -0.497 e. The Morgan fingerprint density at radius 1 is 1.16 bits per heavy atom. The van der Waals surface area contributed by atoms with Gasteiger partial charge in [0.1, 0.15) is 23.9 Å². The van der Waals surface area contributed by atoms with Gasteiger partial charge in [-0.05, 0) is 60.3 Å². The fourth-order valence-electron chi connectivity index (χ4n) is 2.19. The number of anilines is 1. The molecule has 0 fully saturated rings. The van der Waals surface area contributed by atoms with Crippen LogP contribution in [0.15, 0.2) is 54.0 Å². The second-order valence-corrected chi connectivity index (χ2v) is 6.37. The van der Waals surface area contributed by atoms with E-state index in [1.807, 2.05) is 54.8 Å². The van der Waals surface area contributed by atoms with Crippen LogP contribution in [0.25, 0.3) is 0 Å². The van der Waals surface area contributed by atoms with Crippen molar-refractivity contribution in [2.45, 2.75) is 13.5 Å². The van der Waals surface area contributed by atoms with Crippen molar-refractivity contribution in [2.24, 2.45) is 0 Å². The third-order valence-corrected chi connectivity index (χ3v) is 4.48. The van der Waals surface area contributed by atoms with Crippen molar-refractivity contribution < 1.29 is 14.3 Å². The van der Waals surface area contributed by atoms with Gasteiger partial charge in [-0.15, -0.1) is 11.3 Å². The Morgan fingerprint density at radius 2 is 1.92 bits per heavy atom. The molecule has 0 atom stereocenters. The molecule has 0 saturated carbocycles. The fourth-order valence-corrected chi connectivity index (χ4v) is 2.98. The number of aromatic nitrogens is 1. The Balaban J connectivity index is 1.58. The van der Waals surface area contributed by atoms with Gasteiger partial charge in [-0.25, -0.2) is 4.98 Å². The fraction of sp³-hybridized carbons (Fsp3) is 0.158. The van der Waals surface area contributed by atoms with E-state index in [-0.39, 0.29) is 5.91 Å². The van der Waals surface area contributed by atoms with Crippen LogP contribution >= 0.6 is 11.3 Å². The van der Waals surface area contributed by atoms with Gasteiger partial charge in [-0.2, -0.15) is 0 Å². The summed E-state index contributed by atoms with van der Waals surface area (Å²) in [5.41, 5.74) is 1.99. The third kappa shape index (κ3) is 4.58. The molecule has 1 amide bonds. The number of carbonyl (C=O) groups is 1. The second-order valence-electron chi connectivity index (χ2n) is 5.46. The number of hydrogen-bond acceptors (Lipinski definition) is 5. The molecule has 0 bridgehead atoms. The predicted molar refractivity (Wildman–Crippen MR) is 98.6 cm³/mol. The van der Waals surface area contributed by atoms with Crippen molar-refractivity contribution in [1.82, 2.24) is 4.98 Å². The van der Waals surface area contributed by atoms with Crippen molar-refractivity contribution in [3.8, 4) is 11.5 Å². The van der Waals surface area contributed by atoms with Gasteiger partial charge < -0.3 is 14.8 Å². The van der Waals surface area contributed by atoms with E-state index in [1.54, 1.807) is 13.3 Å². The van der Waals surface area contributed by atoms with Crippen LogP contribution in [0.3, 0.4) is 0 Å². The van der Waals surface area contributed by atoms with Crippen molar-refractivity contribution in [2.75, 3.05) is 12.4 Å². The number of benzene rings is 1. The van der Waals surface area contributed by atoms with E-state index >= 15 is 0 Å². The summed E-state index contributed by atoms with van der Waals surface area (Å²) in [4.78, 5) is 17.0. The first-order valence-corrected chi connectivity index (χ1v) is 8.60. The molecule has 25 heavy (non-hydrogen) atoms. The number of methoxy groups -OCH3 is 1. The smallest absolute Gasteiger partial charge is 0.266 e. The van der Waals surface area contributed by atoms with E-state index in [0.29, 0.717) is 17.3 Å². The van der Waals surface area contributed by atoms with E-state index in [4.69, 9.17) is 9.47 Å². The van der Waals surface area contributed by atoms with Crippen LogP contribution in [-0.2, 0) is 6.61 Å². The maximum Gasteiger partial charge on any atom is 0.266 e. The third-order valence-electron chi connectivity index (χ3n) is 3.50. The molecule has 0 spiro atoms. The first kappa shape index (κ1) is 17.0. The average Bonchev–Trinajstić information content (AvgIpc) is 3.09. The van der Waals surface area contributed by atoms with Crippen molar-refractivity contribution >= 4 is 23.1 Å². The molecule has 128 valence electrons. The molecule has 5 nitrogen and oxygen atoms in total. The summed E-state index contributed by atoms with van der Waals surface area (Å²) in [5.74, 6) is 1.92. The van der Waals surface area contributed by atoms with Gasteiger partial charge >= 0.3 is 0 Å². The highest BCUT2D eigenvalue weighted by Crippen LogP contribution is 2.21. The standard InChI is InChI=1S/C19H18N2O3S/c1-13-7-8-20-18(9-13)21-19(22)17-10-14(12-25-17)11-24-16-5-3-15(23-2)4-6-16/h3-10,12H,11H2,1-2H3,(H,20,21,22). The summed E-state index contributed by atoms with van der Waals surface area (Å²) in [6.07, 6.45) is 1.67. The van der Waals surface area contributed by atoms with Crippen LogP contribution in [0.2, 0.25) is 0 Å². The molecule has 2 aromatic heterocycles. The number of rotatable bonds is 6. The molecule has 1 N–H and O–H groups in total. The molecule has 3 rings (SSSR count). The molecule has 0 aliphatic heterocycles. The number of pyridine rings is 1. The van der Waals surface area contributed by atoms with Crippen LogP contribution in [0.1, 0.15) is 20.8 Å². The predicted octanol–water partition coefficient (Wildman–Crippen LogP) is 4.29. The molecular weight excluding hydrogens is 336 g/mol. The molecule has 3 aromatic rings. The van der Waals surface area contributed by atoms with Gasteiger partial charge in [-0.1, -0.05) is 0 Å². The lowest BCUT2D eigenvalue weighted by molar-refractivity contribution is 0.103. The lowest BCUT2D eigenvalue weighted by Crippen LogP contribution is -2.11. The zero-order valence-corrected chi connectivity index (χ0v) is 14.8. The highest BCUT2D eigenvalue weighted by atomic mass is 32.1. The summed E-state index contributed by atoms with van der Waals surface area (Å²) in [5, 5.41) is 4.72. The highest BCUT2D eigenvalue weighted by Gasteiger charge is 2.10. The molecular formula is C19H18N2O3S.